The fraction of sp³-hybridized carbons (Fsp3) is 0.333. The Hall–Kier alpha value is -2.52. The highest BCUT2D eigenvalue weighted by Crippen LogP contribution is 2.30. The van der Waals surface area contributed by atoms with Gasteiger partial charge in [0.05, 0.1) is 12.9 Å². The van der Waals surface area contributed by atoms with E-state index < -0.39 is 0 Å². The molecule has 0 saturated heterocycles. The highest BCUT2D eigenvalue weighted by Gasteiger charge is 2.20. The van der Waals surface area contributed by atoms with Gasteiger partial charge in [-0.05, 0) is 31.5 Å². The van der Waals surface area contributed by atoms with E-state index in [2.05, 4.69) is 20.6 Å². The van der Waals surface area contributed by atoms with Crippen LogP contribution >= 0.6 is 23.4 Å². The molecule has 0 spiro atoms. The number of thioether (sulfide) groups is 1. The van der Waals surface area contributed by atoms with Gasteiger partial charge in [0.15, 0.2) is 11.0 Å². The standard InChI is InChI=1S/C18H21ClN6O2S/c1-5-25-16(13-9-24(3)23-17(13)27-4)21-22-18(25)28-10-15(26)20-12-7-6-11(2)14(19)8-12/h6-9H,5,10H2,1-4H3,(H,20,26). The van der Waals surface area contributed by atoms with Gasteiger partial charge in [0.2, 0.25) is 11.8 Å². The lowest BCUT2D eigenvalue weighted by Gasteiger charge is -2.08. The van der Waals surface area contributed by atoms with Gasteiger partial charge in [0, 0.05) is 30.5 Å². The van der Waals surface area contributed by atoms with Crippen molar-refractivity contribution in [1.82, 2.24) is 24.5 Å². The number of benzene rings is 1. The monoisotopic (exact) mass is 420 g/mol. The number of nitrogens with one attached hydrogen (secondary N) is 1. The maximum atomic E-state index is 12.3. The smallest absolute Gasteiger partial charge is 0.243 e. The lowest BCUT2D eigenvalue weighted by molar-refractivity contribution is -0.113. The third kappa shape index (κ3) is 4.31. The molecule has 0 radical (unpaired) electrons. The number of amides is 1. The second kappa shape index (κ2) is 8.66. The van der Waals surface area contributed by atoms with Crippen LogP contribution in [0.5, 0.6) is 5.88 Å². The molecular weight excluding hydrogens is 400 g/mol. The Morgan fingerprint density at radius 1 is 1.36 bits per heavy atom. The van der Waals surface area contributed by atoms with Gasteiger partial charge in [-0.1, -0.05) is 29.4 Å². The highest BCUT2D eigenvalue weighted by molar-refractivity contribution is 7.99. The third-order valence-electron chi connectivity index (χ3n) is 4.05. The van der Waals surface area contributed by atoms with E-state index in [9.17, 15) is 4.79 Å². The van der Waals surface area contributed by atoms with Crippen LogP contribution in [-0.2, 0) is 18.4 Å². The number of carbonyl (C=O) groups is 1. The summed E-state index contributed by atoms with van der Waals surface area (Å²) in [6, 6.07) is 5.43. The second-order valence-electron chi connectivity index (χ2n) is 6.08. The Morgan fingerprint density at radius 3 is 2.82 bits per heavy atom. The average molecular weight is 421 g/mol. The topological polar surface area (TPSA) is 86.9 Å². The van der Waals surface area contributed by atoms with E-state index in [4.69, 9.17) is 16.3 Å². The Kier molecular flexibility index (Phi) is 6.25. The molecule has 3 aromatic rings. The van der Waals surface area contributed by atoms with Gasteiger partial charge >= 0.3 is 0 Å². The second-order valence-corrected chi connectivity index (χ2v) is 7.43. The van der Waals surface area contributed by atoms with E-state index >= 15 is 0 Å². The number of aromatic nitrogens is 5. The van der Waals surface area contributed by atoms with Crippen molar-refractivity contribution in [1.29, 1.82) is 0 Å². The number of carbonyl (C=O) groups excluding carboxylic acids is 1. The molecule has 8 nitrogen and oxygen atoms in total. The first-order valence-corrected chi connectivity index (χ1v) is 9.99. The van der Waals surface area contributed by atoms with Gasteiger partial charge in [0.1, 0.15) is 5.56 Å². The summed E-state index contributed by atoms with van der Waals surface area (Å²) in [5, 5.41) is 16.9. The normalized spacial score (nSPS) is 10.9. The number of hydrogen-bond donors (Lipinski definition) is 1. The van der Waals surface area contributed by atoms with Crippen LogP contribution in [0.2, 0.25) is 5.02 Å². The van der Waals surface area contributed by atoms with Crippen molar-refractivity contribution in [2.24, 2.45) is 7.05 Å². The SMILES string of the molecule is CCn1c(SCC(=O)Nc2ccc(C)c(Cl)c2)nnc1-c1cn(C)nc1OC. The summed E-state index contributed by atoms with van der Waals surface area (Å²) in [6.07, 6.45) is 1.83. The number of rotatable bonds is 7. The zero-order valence-corrected chi connectivity index (χ0v) is 17.6. The third-order valence-corrected chi connectivity index (χ3v) is 5.42. The van der Waals surface area contributed by atoms with Crippen molar-refractivity contribution >= 4 is 35.0 Å². The van der Waals surface area contributed by atoms with Crippen LogP contribution in [0.3, 0.4) is 0 Å². The van der Waals surface area contributed by atoms with E-state index in [0.717, 1.165) is 11.1 Å². The summed E-state index contributed by atoms with van der Waals surface area (Å²) in [6.45, 7) is 4.56. The molecule has 1 aromatic carbocycles. The van der Waals surface area contributed by atoms with E-state index in [-0.39, 0.29) is 11.7 Å². The molecular formula is C18H21ClN6O2S. The number of nitrogens with zero attached hydrogens (tertiary/aromatic N) is 5. The van der Waals surface area contributed by atoms with Crippen LogP contribution < -0.4 is 10.1 Å². The number of anilines is 1. The van der Waals surface area contributed by atoms with Crippen molar-refractivity contribution in [2.45, 2.75) is 25.5 Å². The Labute approximate surface area is 172 Å². The van der Waals surface area contributed by atoms with Gasteiger partial charge in [-0.2, -0.15) is 0 Å². The predicted molar refractivity (Wildman–Crippen MR) is 110 cm³/mol. The first-order chi connectivity index (χ1) is 13.4. The van der Waals surface area contributed by atoms with Gasteiger partial charge in [0.25, 0.3) is 0 Å². The molecule has 0 atom stereocenters. The largest absolute Gasteiger partial charge is 0.479 e. The Morgan fingerprint density at radius 2 is 2.14 bits per heavy atom. The summed E-state index contributed by atoms with van der Waals surface area (Å²) in [5.74, 6) is 1.19. The van der Waals surface area contributed by atoms with Gasteiger partial charge < -0.3 is 14.6 Å². The molecule has 0 saturated carbocycles. The Balaban J connectivity index is 1.71. The minimum Gasteiger partial charge on any atom is -0.479 e. The molecule has 0 fully saturated rings. The highest BCUT2D eigenvalue weighted by atomic mass is 35.5. The maximum Gasteiger partial charge on any atom is 0.243 e. The molecule has 2 aromatic heterocycles. The molecule has 148 valence electrons. The molecule has 3 rings (SSSR count). The average Bonchev–Trinajstić information content (AvgIpc) is 3.25. The molecule has 0 aliphatic carbocycles. The quantitative estimate of drug-likeness (QED) is 0.589. The van der Waals surface area contributed by atoms with Crippen molar-refractivity contribution in [3.63, 3.8) is 0 Å². The molecule has 10 heteroatoms. The van der Waals surface area contributed by atoms with Crippen LogP contribution in [0.25, 0.3) is 11.4 Å². The lowest BCUT2D eigenvalue weighted by atomic mass is 10.2. The van der Waals surface area contributed by atoms with Crippen molar-refractivity contribution in [3.8, 4) is 17.3 Å². The summed E-state index contributed by atoms with van der Waals surface area (Å²) in [5.41, 5.74) is 2.38. The molecule has 0 aliphatic rings. The summed E-state index contributed by atoms with van der Waals surface area (Å²) in [7, 11) is 3.38. The summed E-state index contributed by atoms with van der Waals surface area (Å²) in [4.78, 5) is 12.3. The fourth-order valence-corrected chi connectivity index (χ4v) is 3.63. The van der Waals surface area contributed by atoms with E-state index in [1.165, 1.54) is 11.8 Å². The summed E-state index contributed by atoms with van der Waals surface area (Å²) < 4.78 is 8.91. The molecule has 28 heavy (non-hydrogen) atoms. The molecule has 0 bridgehead atoms. The Bertz CT molecular complexity index is 1000. The number of methoxy groups -OCH3 is 1. The van der Waals surface area contributed by atoms with Crippen LogP contribution in [0.1, 0.15) is 12.5 Å². The zero-order chi connectivity index (χ0) is 20.3. The number of hydrogen-bond acceptors (Lipinski definition) is 6. The van der Waals surface area contributed by atoms with E-state index in [1.54, 1.807) is 17.9 Å². The molecule has 1 amide bonds. The van der Waals surface area contributed by atoms with Crippen molar-refractivity contribution in [2.75, 3.05) is 18.2 Å². The first kappa shape index (κ1) is 20.2. The van der Waals surface area contributed by atoms with Crippen molar-refractivity contribution < 1.29 is 9.53 Å². The van der Waals surface area contributed by atoms with Crippen LogP contribution in [-0.4, -0.2) is 43.3 Å². The van der Waals surface area contributed by atoms with Crippen LogP contribution in [0, 0.1) is 6.92 Å². The van der Waals surface area contributed by atoms with Gasteiger partial charge in [-0.3, -0.25) is 9.48 Å². The first-order valence-electron chi connectivity index (χ1n) is 8.63. The minimum absolute atomic E-state index is 0.143. The predicted octanol–water partition coefficient (Wildman–Crippen LogP) is 3.40. The maximum absolute atomic E-state index is 12.3. The zero-order valence-electron chi connectivity index (χ0n) is 16.1. The van der Waals surface area contributed by atoms with Crippen LogP contribution in [0.4, 0.5) is 5.69 Å². The van der Waals surface area contributed by atoms with Crippen LogP contribution in [0.15, 0.2) is 29.6 Å². The lowest BCUT2D eigenvalue weighted by Crippen LogP contribution is -2.14. The number of aryl methyl sites for hydroxylation is 2. The minimum atomic E-state index is -0.143. The molecule has 0 aliphatic heterocycles. The fourth-order valence-electron chi connectivity index (χ4n) is 2.65. The number of ether oxygens (including phenoxy) is 1. The van der Waals surface area contributed by atoms with E-state index in [0.29, 0.717) is 34.1 Å². The van der Waals surface area contributed by atoms with Gasteiger partial charge in [-0.15, -0.1) is 15.3 Å². The number of halogens is 1. The molecule has 0 unspecified atom stereocenters. The van der Waals surface area contributed by atoms with E-state index in [1.807, 2.05) is 43.8 Å². The van der Waals surface area contributed by atoms with Gasteiger partial charge in [-0.25, -0.2) is 0 Å². The molecule has 2 heterocycles. The molecule has 1 N–H and O–H groups in total. The van der Waals surface area contributed by atoms with Crippen molar-refractivity contribution in [3.05, 3.63) is 35.0 Å². The summed E-state index contributed by atoms with van der Waals surface area (Å²) >= 11 is 7.42.